The molecule has 7 nitrogen and oxygen atoms in total. The second kappa shape index (κ2) is 8.77. The van der Waals surface area contributed by atoms with Gasteiger partial charge in [-0.25, -0.2) is 9.48 Å². The van der Waals surface area contributed by atoms with Crippen LogP contribution in [0.25, 0.3) is 5.69 Å². The van der Waals surface area contributed by atoms with Crippen molar-refractivity contribution in [3.63, 3.8) is 0 Å². The predicted molar refractivity (Wildman–Crippen MR) is 117 cm³/mol. The van der Waals surface area contributed by atoms with Gasteiger partial charge in [-0.3, -0.25) is 5.32 Å². The Labute approximate surface area is 180 Å². The Balaban J connectivity index is 1.40. The van der Waals surface area contributed by atoms with Gasteiger partial charge in [-0.2, -0.15) is 0 Å². The van der Waals surface area contributed by atoms with Crippen molar-refractivity contribution in [1.82, 2.24) is 20.0 Å². The number of benzene rings is 2. The number of halogens is 1. The average molecular weight is 426 g/mol. The summed E-state index contributed by atoms with van der Waals surface area (Å²) in [5, 5.41) is 10.8. The smallest absolute Gasteiger partial charge is 0.320 e. The number of amides is 2. The lowest BCUT2D eigenvalue weighted by Crippen LogP contribution is -2.35. The molecule has 0 fully saturated rings. The number of aromatic nitrogens is 2. The molecular formula is C22H24ClN5O2. The fraction of sp³-hybridized carbons (Fsp3) is 0.273. The minimum Gasteiger partial charge on any atom is -0.492 e. The van der Waals surface area contributed by atoms with E-state index in [1.54, 1.807) is 16.8 Å². The second-order valence-electron chi connectivity index (χ2n) is 7.50. The van der Waals surface area contributed by atoms with Gasteiger partial charge < -0.3 is 15.0 Å². The van der Waals surface area contributed by atoms with Crippen LogP contribution in [0.2, 0.25) is 5.02 Å². The van der Waals surface area contributed by atoms with E-state index in [0.29, 0.717) is 29.6 Å². The average Bonchev–Trinajstić information content (AvgIpc) is 3.17. The second-order valence-corrected chi connectivity index (χ2v) is 7.90. The highest BCUT2D eigenvalue weighted by Crippen LogP contribution is 2.37. The van der Waals surface area contributed by atoms with E-state index in [1.165, 1.54) is 5.56 Å². The molecule has 8 heteroatoms. The molecule has 0 saturated carbocycles. The summed E-state index contributed by atoms with van der Waals surface area (Å²) in [5.74, 6) is 1.11. The van der Waals surface area contributed by atoms with Gasteiger partial charge in [-0.15, -0.1) is 5.10 Å². The van der Waals surface area contributed by atoms with Gasteiger partial charge in [-0.05, 0) is 37.9 Å². The monoisotopic (exact) mass is 425 g/mol. The first kappa shape index (κ1) is 20.3. The van der Waals surface area contributed by atoms with E-state index in [-0.39, 0.29) is 12.1 Å². The van der Waals surface area contributed by atoms with E-state index >= 15 is 0 Å². The minimum absolute atomic E-state index is 0.168. The number of anilines is 1. The van der Waals surface area contributed by atoms with E-state index in [2.05, 4.69) is 32.8 Å². The predicted octanol–water partition coefficient (Wildman–Crippen LogP) is 4.23. The molecule has 0 radical (unpaired) electrons. The summed E-state index contributed by atoms with van der Waals surface area (Å²) < 4.78 is 7.38. The number of fused-ring (bicyclic) bond motifs is 1. The molecule has 3 aromatic rings. The van der Waals surface area contributed by atoms with Crippen LogP contribution in [0.4, 0.5) is 10.6 Å². The van der Waals surface area contributed by atoms with Crippen molar-refractivity contribution >= 4 is 23.4 Å². The topological polar surface area (TPSA) is 71.4 Å². The van der Waals surface area contributed by atoms with Crippen LogP contribution in [0, 0.1) is 0 Å². The number of urea groups is 1. The number of carbonyl (C=O) groups excluding carboxylic acids is 1. The quantitative estimate of drug-likeness (QED) is 0.641. The van der Waals surface area contributed by atoms with Crippen LogP contribution in [0.5, 0.6) is 5.75 Å². The Hall–Kier alpha value is -3.03. The van der Waals surface area contributed by atoms with Gasteiger partial charge in [0.25, 0.3) is 0 Å². The molecule has 2 heterocycles. The maximum atomic E-state index is 12.5. The molecule has 1 aliphatic heterocycles. The molecule has 0 bridgehead atoms. The van der Waals surface area contributed by atoms with E-state index in [4.69, 9.17) is 16.3 Å². The lowest BCUT2D eigenvalue weighted by molar-refractivity contribution is 0.232. The fourth-order valence-electron chi connectivity index (χ4n) is 3.50. The SMILES string of the molecule is CN(C)Cc1ccc(-n2ccc(NC(=O)N[C@H]3CCOc4c(Cl)cccc43)n2)cc1. The normalized spacial score (nSPS) is 15.4. The molecule has 2 N–H and O–H groups in total. The summed E-state index contributed by atoms with van der Waals surface area (Å²) in [6.45, 7) is 1.38. The van der Waals surface area contributed by atoms with Gasteiger partial charge in [0.2, 0.25) is 0 Å². The number of hydrogen-bond donors (Lipinski definition) is 2. The summed E-state index contributed by atoms with van der Waals surface area (Å²) in [7, 11) is 4.08. The first-order valence-electron chi connectivity index (χ1n) is 9.78. The zero-order valence-corrected chi connectivity index (χ0v) is 17.7. The van der Waals surface area contributed by atoms with E-state index in [0.717, 1.165) is 17.8 Å². The summed E-state index contributed by atoms with van der Waals surface area (Å²) in [5.41, 5.74) is 3.04. The third-order valence-electron chi connectivity index (χ3n) is 4.86. The summed E-state index contributed by atoms with van der Waals surface area (Å²) in [4.78, 5) is 14.6. The van der Waals surface area contributed by atoms with E-state index in [1.807, 2.05) is 44.6 Å². The third-order valence-corrected chi connectivity index (χ3v) is 5.16. The van der Waals surface area contributed by atoms with Crippen LogP contribution in [0.1, 0.15) is 23.6 Å². The van der Waals surface area contributed by atoms with Gasteiger partial charge in [0.1, 0.15) is 5.75 Å². The van der Waals surface area contributed by atoms with Crippen molar-refractivity contribution in [2.24, 2.45) is 0 Å². The molecule has 1 atom stereocenters. The van der Waals surface area contributed by atoms with Gasteiger partial charge in [0.15, 0.2) is 5.82 Å². The lowest BCUT2D eigenvalue weighted by atomic mass is 10.0. The minimum atomic E-state index is -0.320. The van der Waals surface area contributed by atoms with Crippen LogP contribution >= 0.6 is 11.6 Å². The van der Waals surface area contributed by atoms with Crippen molar-refractivity contribution in [2.75, 3.05) is 26.0 Å². The summed E-state index contributed by atoms with van der Waals surface area (Å²) >= 11 is 6.20. The van der Waals surface area contributed by atoms with Crippen LogP contribution in [-0.2, 0) is 6.54 Å². The van der Waals surface area contributed by atoms with Crippen LogP contribution in [0.3, 0.4) is 0 Å². The molecule has 4 rings (SSSR count). The zero-order valence-electron chi connectivity index (χ0n) is 16.9. The Kier molecular flexibility index (Phi) is 5.92. The highest BCUT2D eigenvalue weighted by Gasteiger charge is 2.24. The maximum Gasteiger partial charge on any atom is 0.320 e. The van der Waals surface area contributed by atoms with Gasteiger partial charge >= 0.3 is 6.03 Å². The van der Waals surface area contributed by atoms with Crippen molar-refractivity contribution in [3.05, 3.63) is 70.9 Å². The molecule has 2 amide bonds. The molecule has 156 valence electrons. The summed E-state index contributed by atoms with van der Waals surface area (Å²) in [6.07, 6.45) is 2.49. The Morgan fingerprint density at radius 3 is 2.80 bits per heavy atom. The molecule has 0 aliphatic carbocycles. The fourth-order valence-corrected chi connectivity index (χ4v) is 3.74. The van der Waals surface area contributed by atoms with Crippen molar-refractivity contribution in [3.8, 4) is 11.4 Å². The number of nitrogens with zero attached hydrogens (tertiary/aromatic N) is 3. The Morgan fingerprint density at radius 2 is 2.03 bits per heavy atom. The first-order chi connectivity index (χ1) is 14.5. The molecule has 0 saturated heterocycles. The van der Waals surface area contributed by atoms with Crippen molar-refractivity contribution in [1.29, 1.82) is 0 Å². The number of hydrogen-bond acceptors (Lipinski definition) is 4. The van der Waals surface area contributed by atoms with Crippen LogP contribution in [-0.4, -0.2) is 41.4 Å². The molecule has 0 unspecified atom stereocenters. The van der Waals surface area contributed by atoms with Crippen molar-refractivity contribution < 1.29 is 9.53 Å². The molecule has 1 aromatic heterocycles. The van der Waals surface area contributed by atoms with Crippen LogP contribution < -0.4 is 15.4 Å². The standard InChI is InChI=1S/C22H24ClN5O2/c1-27(2)14-15-6-8-16(9-7-15)28-12-10-20(26-28)25-22(29)24-19-11-13-30-21-17(19)4-3-5-18(21)23/h3-10,12,19H,11,13-14H2,1-2H3,(H2,24,25,26,29)/t19-/m0/s1. The number of para-hydroxylation sites is 1. The third kappa shape index (κ3) is 4.58. The molecule has 1 aliphatic rings. The number of rotatable bonds is 5. The summed E-state index contributed by atoms with van der Waals surface area (Å²) in [6, 6.07) is 15.0. The highest BCUT2D eigenvalue weighted by atomic mass is 35.5. The molecule has 0 spiro atoms. The van der Waals surface area contributed by atoms with Crippen LogP contribution in [0.15, 0.2) is 54.7 Å². The zero-order chi connectivity index (χ0) is 21.1. The maximum absolute atomic E-state index is 12.5. The molecule has 2 aromatic carbocycles. The van der Waals surface area contributed by atoms with Crippen molar-refractivity contribution in [2.45, 2.75) is 19.0 Å². The number of carbonyl (C=O) groups is 1. The lowest BCUT2D eigenvalue weighted by Gasteiger charge is -2.27. The molecular weight excluding hydrogens is 402 g/mol. The van der Waals surface area contributed by atoms with E-state index in [9.17, 15) is 4.79 Å². The molecule has 30 heavy (non-hydrogen) atoms. The highest BCUT2D eigenvalue weighted by molar-refractivity contribution is 6.32. The number of ether oxygens (including phenoxy) is 1. The largest absolute Gasteiger partial charge is 0.492 e. The van der Waals surface area contributed by atoms with Gasteiger partial charge in [0.05, 0.1) is 23.4 Å². The first-order valence-corrected chi connectivity index (χ1v) is 10.2. The van der Waals surface area contributed by atoms with Gasteiger partial charge in [-0.1, -0.05) is 35.9 Å². The number of nitrogens with one attached hydrogen (secondary N) is 2. The Morgan fingerprint density at radius 1 is 1.23 bits per heavy atom. The Bertz CT molecular complexity index is 1030. The van der Waals surface area contributed by atoms with E-state index < -0.39 is 0 Å². The van der Waals surface area contributed by atoms with Gasteiger partial charge in [0, 0.05) is 30.8 Å².